The fourth-order valence-electron chi connectivity index (χ4n) is 3.76. The number of amides is 2. The van der Waals surface area contributed by atoms with E-state index in [9.17, 15) is 13.2 Å². The number of fused-ring (bicyclic) bond motifs is 2. The molecule has 2 N–H and O–H groups in total. The van der Waals surface area contributed by atoms with Gasteiger partial charge >= 0.3 is 6.03 Å². The molecule has 3 heterocycles. The van der Waals surface area contributed by atoms with Crippen LogP contribution in [0.4, 0.5) is 4.79 Å². The molecule has 0 spiro atoms. The summed E-state index contributed by atoms with van der Waals surface area (Å²) in [5.74, 6) is 0. The largest absolute Gasteiger partial charge is 0.333 e. The van der Waals surface area contributed by atoms with Crippen LogP contribution in [0.3, 0.4) is 0 Å². The van der Waals surface area contributed by atoms with Crippen LogP contribution < -0.4 is 10.9 Å². The van der Waals surface area contributed by atoms with Gasteiger partial charge in [-0.2, -0.15) is 4.31 Å². The molecule has 0 aliphatic carbocycles. The maximum absolute atomic E-state index is 13.1. The maximum Gasteiger partial charge on any atom is 0.333 e. The molecule has 1 aromatic rings. The topological polar surface area (TPSA) is 81.8 Å². The number of sulfonamides is 1. The first kappa shape index (κ1) is 14.9. The van der Waals surface area contributed by atoms with E-state index in [-0.39, 0.29) is 6.03 Å². The molecule has 0 bridgehead atoms. The Labute approximate surface area is 135 Å². The van der Waals surface area contributed by atoms with E-state index in [0.717, 1.165) is 12.0 Å². The number of rotatable bonds is 2. The van der Waals surface area contributed by atoms with Crippen molar-refractivity contribution >= 4 is 16.1 Å². The summed E-state index contributed by atoms with van der Waals surface area (Å²) < 4.78 is 27.8. The Bertz CT molecular complexity index is 736. The third-order valence-electron chi connectivity index (χ3n) is 5.00. The molecule has 4 rings (SSSR count). The molecule has 3 aliphatic heterocycles. The van der Waals surface area contributed by atoms with E-state index in [1.165, 1.54) is 5.56 Å². The quantitative estimate of drug-likeness (QED) is 0.819. The summed E-state index contributed by atoms with van der Waals surface area (Å²) in [7, 11) is -3.47. The van der Waals surface area contributed by atoms with Crippen molar-refractivity contribution in [2.24, 2.45) is 0 Å². The molecule has 1 aromatic carbocycles. The third kappa shape index (κ3) is 2.41. The van der Waals surface area contributed by atoms with Crippen molar-refractivity contribution in [2.75, 3.05) is 13.1 Å². The zero-order chi connectivity index (χ0) is 16.0. The summed E-state index contributed by atoms with van der Waals surface area (Å²) in [6, 6.07) is 7.74. The smallest absolute Gasteiger partial charge is 0.305 e. The minimum absolute atomic E-state index is 0.237. The highest BCUT2D eigenvalue weighted by Crippen LogP contribution is 2.29. The molecule has 7 nitrogen and oxygen atoms in total. The molecule has 3 aliphatic rings. The average Bonchev–Trinajstić information content (AvgIpc) is 2.96. The Morgan fingerprint density at radius 3 is 2.74 bits per heavy atom. The van der Waals surface area contributed by atoms with E-state index in [0.29, 0.717) is 32.5 Å². The van der Waals surface area contributed by atoms with Gasteiger partial charge in [0.2, 0.25) is 10.0 Å². The van der Waals surface area contributed by atoms with E-state index in [1.807, 2.05) is 18.2 Å². The molecule has 0 aromatic heterocycles. The highest BCUT2D eigenvalue weighted by Gasteiger charge is 2.47. The minimum atomic E-state index is -3.47. The predicted octanol–water partition coefficient (Wildman–Crippen LogP) is 0.393. The Morgan fingerprint density at radius 1 is 1.13 bits per heavy atom. The van der Waals surface area contributed by atoms with Crippen LogP contribution in [0.1, 0.15) is 24.0 Å². The lowest BCUT2D eigenvalue weighted by Crippen LogP contribution is -2.57. The zero-order valence-electron chi connectivity index (χ0n) is 12.7. The van der Waals surface area contributed by atoms with E-state index in [4.69, 9.17) is 0 Å². The zero-order valence-corrected chi connectivity index (χ0v) is 13.6. The summed E-state index contributed by atoms with van der Waals surface area (Å²) in [4.78, 5) is 13.4. The molecule has 23 heavy (non-hydrogen) atoms. The highest BCUT2D eigenvalue weighted by molar-refractivity contribution is 7.89. The monoisotopic (exact) mass is 336 g/mol. The van der Waals surface area contributed by atoms with Gasteiger partial charge < -0.3 is 4.90 Å². The second-order valence-corrected chi connectivity index (χ2v) is 8.44. The van der Waals surface area contributed by atoms with Crippen molar-refractivity contribution in [3.63, 3.8) is 0 Å². The number of nitrogens with one attached hydrogen (secondary N) is 2. The summed E-state index contributed by atoms with van der Waals surface area (Å²) in [5, 5.41) is -0.597. The van der Waals surface area contributed by atoms with Crippen molar-refractivity contribution in [3.05, 3.63) is 35.4 Å². The fraction of sp³-hybridized carbons (Fsp3) is 0.533. The summed E-state index contributed by atoms with van der Waals surface area (Å²) in [5.41, 5.74) is 7.67. The van der Waals surface area contributed by atoms with Crippen LogP contribution in [0.2, 0.25) is 0 Å². The first-order valence-electron chi connectivity index (χ1n) is 7.95. The first-order chi connectivity index (χ1) is 11.1. The lowest BCUT2D eigenvalue weighted by Gasteiger charge is -2.38. The number of carbonyl (C=O) groups is 1. The number of urea groups is 1. The van der Waals surface area contributed by atoms with Crippen LogP contribution in [0.5, 0.6) is 0 Å². The summed E-state index contributed by atoms with van der Waals surface area (Å²) >= 11 is 0. The highest BCUT2D eigenvalue weighted by atomic mass is 32.2. The van der Waals surface area contributed by atoms with Crippen LogP contribution in [0.15, 0.2) is 24.3 Å². The number of nitrogens with zero attached hydrogens (tertiary/aromatic N) is 2. The number of benzene rings is 1. The van der Waals surface area contributed by atoms with Gasteiger partial charge in [-0.1, -0.05) is 24.3 Å². The van der Waals surface area contributed by atoms with Crippen molar-refractivity contribution in [3.8, 4) is 0 Å². The van der Waals surface area contributed by atoms with Crippen molar-refractivity contribution in [1.29, 1.82) is 0 Å². The second kappa shape index (κ2) is 5.47. The van der Waals surface area contributed by atoms with Crippen LogP contribution >= 0.6 is 0 Å². The molecular weight excluding hydrogens is 316 g/mol. The van der Waals surface area contributed by atoms with E-state index < -0.39 is 21.4 Å². The molecule has 2 unspecified atom stereocenters. The Hall–Kier alpha value is -1.64. The van der Waals surface area contributed by atoms with Crippen LogP contribution in [0, 0.1) is 0 Å². The fourth-order valence-corrected chi connectivity index (χ4v) is 5.81. The molecule has 2 amide bonds. The summed E-state index contributed by atoms with van der Waals surface area (Å²) in [6.45, 7) is 1.52. The molecule has 0 saturated carbocycles. The number of piperidine rings is 1. The normalized spacial score (nSPS) is 28.2. The van der Waals surface area contributed by atoms with Crippen LogP contribution in [-0.2, 0) is 23.0 Å². The summed E-state index contributed by atoms with van der Waals surface area (Å²) in [6.07, 6.45) is 1.54. The van der Waals surface area contributed by atoms with Gasteiger partial charge in [-0.05, 0) is 30.4 Å². The Kier molecular flexibility index (Phi) is 3.55. The van der Waals surface area contributed by atoms with Crippen molar-refractivity contribution in [1.82, 2.24) is 20.1 Å². The van der Waals surface area contributed by atoms with E-state index in [2.05, 4.69) is 16.9 Å². The SMILES string of the molecule is O=C1NNC2C(S(=O)(=O)N3CCc4ccccc4C3)CCCN12. The predicted molar refractivity (Wildman–Crippen MR) is 84.7 cm³/mol. The number of hydrazine groups is 1. The molecule has 2 atom stereocenters. The van der Waals surface area contributed by atoms with Crippen molar-refractivity contribution < 1.29 is 13.2 Å². The van der Waals surface area contributed by atoms with Crippen LogP contribution in [-0.4, -0.2) is 48.2 Å². The molecule has 8 heteroatoms. The lowest BCUT2D eigenvalue weighted by molar-refractivity contribution is 0.178. The van der Waals surface area contributed by atoms with E-state index in [1.54, 1.807) is 9.21 Å². The average molecular weight is 336 g/mol. The molecule has 2 saturated heterocycles. The van der Waals surface area contributed by atoms with Gasteiger partial charge in [0.25, 0.3) is 0 Å². The first-order valence-corrected chi connectivity index (χ1v) is 9.45. The molecule has 0 radical (unpaired) electrons. The van der Waals surface area contributed by atoms with Crippen molar-refractivity contribution in [2.45, 2.75) is 37.2 Å². The Balaban J connectivity index is 1.60. The Morgan fingerprint density at radius 2 is 1.91 bits per heavy atom. The van der Waals surface area contributed by atoms with Gasteiger partial charge in [-0.15, -0.1) is 0 Å². The standard InChI is InChI=1S/C15H20N4O3S/c20-15-17-16-14-13(6-3-8-19(14)15)23(21,22)18-9-7-11-4-1-2-5-12(11)10-18/h1-2,4-5,13-14,16H,3,6-10H2,(H,17,20). The van der Waals surface area contributed by atoms with Gasteiger partial charge in [0.15, 0.2) is 0 Å². The molecule has 2 fully saturated rings. The third-order valence-corrected chi connectivity index (χ3v) is 7.29. The number of hydrogen-bond donors (Lipinski definition) is 2. The molecular formula is C15H20N4O3S. The lowest BCUT2D eigenvalue weighted by atomic mass is 10.0. The minimum Gasteiger partial charge on any atom is -0.305 e. The number of hydrogen-bond acceptors (Lipinski definition) is 4. The second-order valence-electron chi connectivity index (χ2n) is 6.29. The number of carbonyl (C=O) groups excluding carboxylic acids is 1. The van der Waals surface area contributed by atoms with E-state index >= 15 is 0 Å². The van der Waals surface area contributed by atoms with Crippen LogP contribution in [0.25, 0.3) is 0 Å². The van der Waals surface area contributed by atoms with Gasteiger partial charge in [-0.25, -0.2) is 18.6 Å². The molecule has 124 valence electrons. The van der Waals surface area contributed by atoms with Gasteiger partial charge in [0.1, 0.15) is 11.4 Å². The maximum atomic E-state index is 13.1. The van der Waals surface area contributed by atoms with Gasteiger partial charge in [-0.3, -0.25) is 5.43 Å². The van der Waals surface area contributed by atoms with Gasteiger partial charge in [0, 0.05) is 19.6 Å². The van der Waals surface area contributed by atoms with Gasteiger partial charge in [0.05, 0.1) is 0 Å².